The number of carbonyl (C=O) groups excluding carboxylic acids is 3. The molecule has 1 heterocycles. The number of carboxylic acid groups (broad SMARTS) is 1. The monoisotopic (exact) mass is 436 g/mol. The Balaban J connectivity index is -0.00000111. The number of rotatable bonds is 8. The van der Waals surface area contributed by atoms with E-state index < -0.39 is 5.97 Å². The Kier molecular flexibility index (Phi) is 25.5. The number of aliphatic carboxylic acids is 1. The molecule has 1 rings (SSSR count). The molecule has 0 aliphatic carbocycles. The van der Waals surface area contributed by atoms with Gasteiger partial charge in [-0.15, -0.1) is 0 Å². The fourth-order valence-corrected chi connectivity index (χ4v) is 2.80. The number of amides is 1. The van der Waals surface area contributed by atoms with Crippen LogP contribution in [0.3, 0.4) is 0 Å². The summed E-state index contributed by atoms with van der Waals surface area (Å²) in [6.45, 7) is 6.87. The average molecular weight is 437 g/mol. The Morgan fingerprint density at radius 2 is 1.40 bits per heavy atom. The van der Waals surface area contributed by atoms with Crippen molar-refractivity contribution in [1.29, 1.82) is 0 Å². The Bertz CT molecular complexity index is 453. The molecule has 0 radical (unpaired) electrons. The minimum absolute atomic E-state index is 0.160. The van der Waals surface area contributed by atoms with E-state index in [0.717, 1.165) is 26.8 Å². The molecule has 0 saturated carbocycles. The van der Waals surface area contributed by atoms with Crippen LogP contribution < -0.4 is 5.32 Å². The van der Waals surface area contributed by atoms with Crippen molar-refractivity contribution in [2.45, 2.75) is 26.3 Å². The lowest BCUT2D eigenvalue weighted by Crippen LogP contribution is -2.49. The van der Waals surface area contributed by atoms with Gasteiger partial charge in [-0.2, -0.15) is 0 Å². The molecule has 1 aliphatic rings. The first-order valence-corrected chi connectivity index (χ1v) is 9.88. The second-order valence-electron chi connectivity index (χ2n) is 5.79. The van der Waals surface area contributed by atoms with E-state index in [2.05, 4.69) is 5.32 Å². The molecule has 11 nitrogen and oxygen atoms in total. The zero-order valence-electron chi connectivity index (χ0n) is 18.9. The van der Waals surface area contributed by atoms with E-state index in [-0.39, 0.29) is 38.0 Å². The van der Waals surface area contributed by atoms with Crippen molar-refractivity contribution >= 4 is 24.4 Å². The summed E-state index contributed by atoms with van der Waals surface area (Å²) in [7, 11) is 3.54. The molecule has 0 aromatic rings. The molecular formula is C19H40N4O7. The second kappa shape index (κ2) is 23.4. The number of carbonyl (C=O) groups is 4. The topological polar surface area (TPSA) is 151 Å². The third-order valence-electron chi connectivity index (χ3n) is 4.12. The van der Waals surface area contributed by atoms with Crippen LogP contribution in [0.2, 0.25) is 0 Å². The van der Waals surface area contributed by atoms with E-state index in [4.69, 9.17) is 15.3 Å². The van der Waals surface area contributed by atoms with E-state index >= 15 is 0 Å². The molecule has 1 unspecified atom stereocenters. The normalized spacial score (nSPS) is 17.6. The Morgan fingerprint density at radius 1 is 0.933 bits per heavy atom. The van der Waals surface area contributed by atoms with Crippen molar-refractivity contribution in [3.63, 3.8) is 0 Å². The molecule has 1 aliphatic heterocycles. The number of hydrogen-bond donors (Lipinski definition) is 4. The van der Waals surface area contributed by atoms with E-state index in [1.165, 1.54) is 7.05 Å². The number of aliphatic hydroxyl groups is 2. The molecule has 0 aromatic carbocycles. The zero-order valence-corrected chi connectivity index (χ0v) is 18.9. The lowest BCUT2D eigenvalue weighted by atomic mass is 10.1. The molecule has 0 aromatic heterocycles. The maximum Gasteiger partial charge on any atom is 0.317 e. The first kappa shape index (κ1) is 32.7. The van der Waals surface area contributed by atoms with Crippen molar-refractivity contribution in [3.8, 4) is 0 Å². The lowest BCUT2D eigenvalue weighted by molar-refractivity contribution is -0.139. The van der Waals surface area contributed by atoms with Gasteiger partial charge in [-0.25, -0.2) is 0 Å². The van der Waals surface area contributed by atoms with Crippen LogP contribution in [0.1, 0.15) is 20.3 Å². The smallest absolute Gasteiger partial charge is 0.317 e. The number of aliphatic hydroxyl groups excluding tert-OH is 2. The second-order valence-corrected chi connectivity index (χ2v) is 5.79. The molecule has 1 amide bonds. The SMILES string of the molecule is CC.CNC(=O)CC1CN(CC=O)CCN(CC=O)CCN1CC(=O)O.CO.CO. The van der Waals surface area contributed by atoms with E-state index in [9.17, 15) is 19.2 Å². The summed E-state index contributed by atoms with van der Waals surface area (Å²) < 4.78 is 0. The van der Waals surface area contributed by atoms with Crippen LogP contribution in [0.15, 0.2) is 0 Å². The van der Waals surface area contributed by atoms with Crippen LogP contribution in [0.4, 0.5) is 0 Å². The van der Waals surface area contributed by atoms with E-state index in [0.29, 0.717) is 32.7 Å². The van der Waals surface area contributed by atoms with Crippen LogP contribution in [0, 0.1) is 0 Å². The highest BCUT2D eigenvalue weighted by molar-refractivity contribution is 5.76. The van der Waals surface area contributed by atoms with Gasteiger partial charge < -0.3 is 30.2 Å². The zero-order chi connectivity index (χ0) is 23.9. The number of carboxylic acids is 1. The summed E-state index contributed by atoms with van der Waals surface area (Å²) in [5.74, 6) is -1.15. The van der Waals surface area contributed by atoms with Crippen molar-refractivity contribution < 1.29 is 34.5 Å². The lowest BCUT2D eigenvalue weighted by Gasteiger charge is -2.32. The van der Waals surface area contributed by atoms with Crippen LogP contribution in [0.25, 0.3) is 0 Å². The quantitative estimate of drug-likeness (QED) is 0.319. The number of aldehydes is 2. The summed E-state index contributed by atoms with van der Waals surface area (Å²) >= 11 is 0. The maximum absolute atomic E-state index is 11.8. The molecule has 30 heavy (non-hydrogen) atoms. The summed E-state index contributed by atoms with van der Waals surface area (Å²) in [5.41, 5.74) is 0. The minimum atomic E-state index is -0.972. The van der Waals surface area contributed by atoms with Gasteiger partial charge >= 0.3 is 5.97 Å². The first-order valence-electron chi connectivity index (χ1n) is 9.88. The highest BCUT2D eigenvalue weighted by Gasteiger charge is 2.27. The Hall–Kier alpha value is -1.92. The highest BCUT2D eigenvalue weighted by atomic mass is 16.4. The van der Waals surface area contributed by atoms with E-state index in [1.54, 1.807) is 4.90 Å². The van der Waals surface area contributed by atoms with Crippen LogP contribution in [-0.2, 0) is 19.2 Å². The molecule has 0 bridgehead atoms. The van der Waals surface area contributed by atoms with Gasteiger partial charge in [0.15, 0.2) is 0 Å². The van der Waals surface area contributed by atoms with Crippen LogP contribution in [-0.4, -0.2) is 134 Å². The Morgan fingerprint density at radius 3 is 1.87 bits per heavy atom. The third-order valence-corrected chi connectivity index (χ3v) is 4.12. The van der Waals surface area contributed by atoms with Crippen molar-refractivity contribution in [1.82, 2.24) is 20.0 Å². The van der Waals surface area contributed by atoms with Crippen molar-refractivity contribution in [2.75, 3.05) is 73.6 Å². The number of nitrogens with one attached hydrogen (secondary N) is 1. The predicted molar refractivity (Wildman–Crippen MR) is 114 cm³/mol. The number of nitrogens with zero attached hydrogens (tertiary/aromatic N) is 3. The summed E-state index contributed by atoms with van der Waals surface area (Å²) in [6.07, 6.45) is 1.76. The average Bonchev–Trinajstić information content (AvgIpc) is 2.84. The van der Waals surface area contributed by atoms with Gasteiger partial charge in [0, 0.05) is 66.5 Å². The van der Waals surface area contributed by atoms with E-state index in [1.807, 2.05) is 23.6 Å². The predicted octanol–water partition coefficient (Wildman–Crippen LogP) is -1.86. The third kappa shape index (κ3) is 15.9. The van der Waals surface area contributed by atoms with Crippen molar-refractivity contribution in [3.05, 3.63) is 0 Å². The maximum atomic E-state index is 11.8. The molecule has 4 N–H and O–H groups in total. The number of hydrogen-bond acceptors (Lipinski definition) is 9. The van der Waals surface area contributed by atoms with Gasteiger partial charge in [0.1, 0.15) is 12.6 Å². The minimum Gasteiger partial charge on any atom is -0.480 e. The molecule has 1 saturated heterocycles. The fourth-order valence-electron chi connectivity index (χ4n) is 2.80. The van der Waals surface area contributed by atoms with Gasteiger partial charge in [-0.05, 0) is 0 Å². The van der Waals surface area contributed by atoms with Gasteiger partial charge in [0.05, 0.1) is 19.6 Å². The van der Waals surface area contributed by atoms with Gasteiger partial charge in [0.2, 0.25) is 5.91 Å². The largest absolute Gasteiger partial charge is 0.480 e. The highest BCUT2D eigenvalue weighted by Crippen LogP contribution is 2.10. The van der Waals surface area contributed by atoms with Crippen molar-refractivity contribution in [2.24, 2.45) is 0 Å². The summed E-state index contributed by atoms with van der Waals surface area (Å²) in [5, 5.41) is 25.7. The molecule has 1 fully saturated rings. The Labute approximate surface area is 179 Å². The van der Waals surface area contributed by atoms with Gasteiger partial charge in [-0.1, -0.05) is 13.8 Å². The first-order chi connectivity index (χ1) is 14.5. The molecule has 1 atom stereocenters. The molecule has 0 spiro atoms. The van der Waals surface area contributed by atoms with Gasteiger partial charge in [0.25, 0.3) is 0 Å². The standard InChI is InChI=1S/C15H26N4O5.C2H6.2CH4O/c1-16-14(22)10-13-11-18(7-9-21)3-2-17(6-8-20)4-5-19(13)12-15(23)24;3*1-2/h8-9,13H,2-7,10-12H2,1H3,(H,16,22)(H,23,24);1-2H3;2*2H,1H3. The molecule has 11 heteroatoms. The van der Waals surface area contributed by atoms with Crippen LogP contribution >= 0.6 is 0 Å². The summed E-state index contributed by atoms with van der Waals surface area (Å²) in [4.78, 5) is 50.2. The fraction of sp³-hybridized carbons (Fsp3) is 0.789. The van der Waals surface area contributed by atoms with Crippen LogP contribution in [0.5, 0.6) is 0 Å². The molecule has 178 valence electrons. The van der Waals surface area contributed by atoms with Gasteiger partial charge in [-0.3, -0.25) is 24.3 Å². The molecular weight excluding hydrogens is 396 g/mol. The summed E-state index contributed by atoms with van der Waals surface area (Å²) in [6, 6.07) is -0.308.